The summed E-state index contributed by atoms with van der Waals surface area (Å²) in [5, 5.41) is 0. The van der Waals surface area contributed by atoms with Crippen molar-refractivity contribution in [2.75, 3.05) is 11.9 Å². The van der Waals surface area contributed by atoms with E-state index in [1.807, 2.05) is 18.9 Å². The molecule has 21 heavy (non-hydrogen) atoms. The van der Waals surface area contributed by atoms with Crippen LogP contribution in [0.5, 0.6) is 0 Å². The third-order valence-electron chi connectivity index (χ3n) is 3.80. The largest absolute Gasteiger partial charge is 0.367 e. The second-order valence-electron chi connectivity index (χ2n) is 5.30. The molecule has 0 aromatic heterocycles. The second kappa shape index (κ2) is 6.22. The van der Waals surface area contributed by atoms with Crippen LogP contribution in [-0.4, -0.2) is 7.05 Å². The van der Waals surface area contributed by atoms with Gasteiger partial charge in [-0.1, -0.05) is 18.2 Å². The molecule has 0 spiro atoms. The van der Waals surface area contributed by atoms with Crippen molar-refractivity contribution in [1.82, 2.24) is 0 Å². The first-order valence-electron chi connectivity index (χ1n) is 6.94. The molecule has 2 atom stereocenters. The van der Waals surface area contributed by atoms with Gasteiger partial charge in [-0.25, -0.2) is 8.78 Å². The number of rotatable bonds is 4. The van der Waals surface area contributed by atoms with Gasteiger partial charge in [0.05, 0.1) is 6.04 Å². The molecule has 2 N–H and O–H groups in total. The van der Waals surface area contributed by atoms with Gasteiger partial charge in [0.25, 0.3) is 0 Å². The quantitative estimate of drug-likeness (QED) is 0.915. The summed E-state index contributed by atoms with van der Waals surface area (Å²) < 4.78 is 27.4. The van der Waals surface area contributed by atoms with E-state index in [1.54, 1.807) is 31.2 Å². The summed E-state index contributed by atoms with van der Waals surface area (Å²) in [7, 11) is 1.86. The fraction of sp³-hybridized carbons (Fsp3) is 0.294. The van der Waals surface area contributed by atoms with Gasteiger partial charge in [0.2, 0.25) is 0 Å². The van der Waals surface area contributed by atoms with Gasteiger partial charge >= 0.3 is 0 Å². The monoisotopic (exact) mass is 290 g/mol. The van der Waals surface area contributed by atoms with Crippen LogP contribution in [0.3, 0.4) is 0 Å². The lowest BCUT2D eigenvalue weighted by Crippen LogP contribution is -2.25. The van der Waals surface area contributed by atoms with Crippen molar-refractivity contribution in [1.29, 1.82) is 0 Å². The average Bonchev–Trinajstić information content (AvgIpc) is 2.46. The molecule has 0 heterocycles. The zero-order valence-corrected chi connectivity index (χ0v) is 12.5. The Balaban J connectivity index is 2.40. The molecule has 0 bridgehead atoms. The molecule has 2 rings (SSSR count). The Kier molecular flexibility index (Phi) is 4.58. The first kappa shape index (κ1) is 15.4. The minimum Gasteiger partial charge on any atom is -0.367 e. The van der Waals surface area contributed by atoms with E-state index < -0.39 is 0 Å². The van der Waals surface area contributed by atoms with E-state index in [-0.39, 0.29) is 23.7 Å². The molecule has 2 aromatic carbocycles. The van der Waals surface area contributed by atoms with Crippen molar-refractivity contribution in [3.8, 4) is 0 Å². The molecule has 1 unspecified atom stereocenters. The van der Waals surface area contributed by atoms with Gasteiger partial charge < -0.3 is 10.6 Å². The highest BCUT2D eigenvalue weighted by molar-refractivity contribution is 5.56. The first-order valence-corrected chi connectivity index (χ1v) is 6.94. The van der Waals surface area contributed by atoms with E-state index in [0.29, 0.717) is 11.1 Å². The Bertz CT molecular complexity index is 626. The molecule has 2 nitrogen and oxygen atoms in total. The van der Waals surface area contributed by atoms with E-state index in [0.717, 1.165) is 5.69 Å². The third-order valence-corrected chi connectivity index (χ3v) is 3.80. The van der Waals surface area contributed by atoms with Crippen LogP contribution < -0.4 is 10.6 Å². The fourth-order valence-corrected chi connectivity index (χ4v) is 2.44. The number of hydrogen-bond acceptors (Lipinski definition) is 2. The van der Waals surface area contributed by atoms with Crippen LogP contribution in [0.25, 0.3) is 0 Å². The molecule has 0 saturated carbocycles. The van der Waals surface area contributed by atoms with Crippen molar-refractivity contribution >= 4 is 5.69 Å². The molecular formula is C17H20F2N2. The topological polar surface area (TPSA) is 29.3 Å². The van der Waals surface area contributed by atoms with Crippen LogP contribution in [0.1, 0.15) is 37.1 Å². The molecule has 0 aliphatic rings. The second-order valence-corrected chi connectivity index (χ2v) is 5.30. The van der Waals surface area contributed by atoms with Gasteiger partial charge in [0, 0.05) is 24.3 Å². The first-order chi connectivity index (χ1) is 9.91. The van der Waals surface area contributed by atoms with Gasteiger partial charge in [0.15, 0.2) is 0 Å². The molecule has 2 aromatic rings. The maximum Gasteiger partial charge on any atom is 0.128 e. The molecule has 0 amide bonds. The van der Waals surface area contributed by atoms with Gasteiger partial charge in [-0.15, -0.1) is 0 Å². The van der Waals surface area contributed by atoms with Crippen LogP contribution in [0.15, 0.2) is 42.5 Å². The minimum atomic E-state index is -0.321. The van der Waals surface area contributed by atoms with E-state index >= 15 is 0 Å². The highest BCUT2D eigenvalue weighted by Crippen LogP contribution is 2.32. The summed E-state index contributed by atoms with van der Waals surface area (Å²) in [6, 6.07) is 10.7. The lowest BCUT2D eigenvalue weighted by atomic mass is 10.0. The van der Waals surface area contributed by atoms with Crippen molar-refractivity contribution in [3.05, 3.63) is 65.2 Å². The lowest BCUT2D eigenvalue weighted by molar-refractivity contribution is 0.583. The SMILES string of the molecule is CC(c1ccccc1F)N(C)c1ccc(F)cc1[C@@H](C)N. The maximum atomic E-state index is 13.9. The molecule has 0 saturated heterocycles. The Morgan fingerprint density at radius 1 is 1.00 bits per heavy atom. The molecule has 0 aliphatic carbocycles. The number of benzene rings is 2. The van der Waals surface area contributed by atoms with Crippen molar-refractivity contribution in [2.24, 2.45) is 5.73 Å². The van der Waals surface area contributed by atoms with Crippen molar-refractivity contribution in [2.45, 2.75) is 25.9 Å². The Morgan fingerprint density at radius 3 is 2.29 bits per heavy atom. The summed E-state index contributed by atoms with van der Waals surface area (Å²) >= 11 is 0. The van der Waals surface area contributed by atoms with Gasteiger partial charge in [0.1, 0.15) is 11.6 Å². The highest BCUT2D eigenvalue weighted by Gasteiger charge is 2.19. The third kappa shape index (κ3) is 3.22. The van der Waals surface area contributed by atoms with Crippen LogP contribution in [0, 0.1) is 11.6 Å². The Morgan fingerprint density at radius 2 is 1.67 bits per heavy atom. The van der Waals surface area contributed by atoms with Gasteiger partial charge in [-0.3, -0.25) is 0 Å². The van der Waals surface area contributed by atoms with E-state index in [2.05, 4.69) is 0 Å². The van der Waals surface area contributed by atoms with Gasteiger partial charge in [-0.05, 0) is 43.7 Å². The van der Waals surface area contributed by atoms with E-state index in [4.69, 9.17) is 5.73 Å². The molecular weight excluding hydrogens is 270 g/mol. The van der Waals surface area contributed by atoms with Crippen molar-refractivity contribution < 1.29 is 8.78 Å². The van der Waals surface area contributed by atoms with Crippen LogP contribution in [0.2, 0.25) is 0 Å². The predicted octanol–water partition coefficient (Wildman–Crippen LogP) is 4.18. The smallest absolute Gasteiger partial charge is 0.128 e. The highest BCUT2D eigenvalue weighted by atomic mass is 19.1. The summed E-state index contributed by atoms with van der Waals surface area (Å²) in [5.41, 5.74) is 8.04. The number of nitrogens with zero attached hydrogens (tertiary/aromatic N) is 1. The van der Waals surface area contributed by atoms with Crippen molar-refractivity contribution in [3.63, 3.8) is 0 Å². The normalized spacial score (nSPS) is 13.8. The zero-order valence-electron chi connectivity index (χ0n) is 12.5. The summed E-state index contributed by atoms with van der Waals surface area (Å²) in [5.74, 6) is -0.570. The number of halogens is 2. The summed E-state index contributed by atoms with van der Waals surface area (Å²) in [6.07, 6.45) is 0. The average molecular weight is 290 g/mol. The standard InChI is InChI=1S/C17H20F2N2/c1-11(20)15-10-13(18)8-9-17(15)21(3)12(2)14-6-4-5-7-16(14)19/h4-12H,20H2,1-3H3/t11-,12?/m1/s1. The van der Waals surface area contributed by atoms with Crippen LogP contribution in [-0.2, 0) is 0 Å². The number of nitrogens with two attached hydrogens (primary N) is 1. The minimum absolute atomic E-state index is 0.186. The lowest BCUT2D eigenvalue weighted by Gasteiger charge is -2.30. The van der Waals surface area contributed by atoms with Crippen LogP contribution >= 0.6 is 0 Å². The molecule has 0 aliphatic heterocycles. The summed E-state index contributed by atoms with van der Waals surface area (Å²) in [6.45, 7) is 3.71. The van der Waals surface area contributed by atoms with E-state index in [9.17, 15) is 8.78 Å². The molecule has 0 fully saturated rings. The molecule has 0 radical (unpaired) electrons. The van der Waals surface area contributed by atoms with Crippen LogP contribution in [0.4, 0.5) is 14.5 Å². The van der Waals surface area contributed by atoms with E-state index in [1.165, 1.54) is 18.2 Å². The maximum absolute atomic E-state index is 13.9. The zero-order chi connectivity index (χ0) is 15.6. The number of anilines is 1. The van der Waals surface area contributed by atoms with Gasteiger partial charge in [-0.2, -0.15) is 0 Å². The summed E-state index contributed by atoms with van der Waals surface area (Å²) in [4.78, 5) is 1.91. The predicted molar refractivity (Wildman–Crippen MR) is 82.2 cm³/mol. The Labute approximate surface area is 124 Å². The Hall–Kier alpha value is -1.94. The number of hydrogen-bond donors (Lipinski definition) is 1. The molecule has 4 heteroatoms. The molecule has 112 valence electrons. The fourth-order valence-electron chi connectivity index (χ4n) is 2.44.